The minimum Gasteiger partial charge on any atom is -0.298 e. The molecule has 19 heavy (non-hydrogen) atoms. The maximum absolute atomic E-state index is 12.1. The van der Waals surface area contributed by atoms with Gasteiger partial charge in [-0.3, -0.25) is 9.69 Å². The Bertz CT molecular complexity index is 564. The van der Waals surface area contributed by atoms with E-state index in [0.717, 1.165) is 11.1 Å². The summed E-state index contributed by atoms with van der Waals surface area (Å²) in [7, 11) is -1.23. The number of hydrogen-bond donors (Lipinski definition) is 0. The van der Waals surface area contributed by atoms with Crippen LogP contribution in [0.2, 0.25) is 0 Å². The summed E-state index contributed by atoms with van der Waals surface area (Å²) in [6.07, 6.45) is 1.20. The molecule has 0 unspecified atom stereocenters. The molecule has 0 saturated carbocycles. The number of Topliss-reactive ketones (excluding diaryl/α,β-unsaturated/α-hetero) is 1. The molecule has 0 aliphatic carbocycles. The fourth-order valence-electron chi connectivity index (χ4n) is 1.86. The van der Waals surface area contributed by atoms with Crippen molar-refractivity contribution in [3.63, 3.8) is 0 Å². The van der Waals surface area contributed by atoms with Gasteiger partial charge in [-0.05, 0) is 26.5 Å². The zero-order chi connectivity index (χ0) is 14.6. The first-order valence-corrected chi connectivity index (χ1v) is 8.22. The SMILES string of the molecule is Cc1ccc(C(=O)CN(C)CCS(C)(=O)=O)c(C)c1. The minimum absolute atomic E-state index is 0.0218. The number of hydrogen-bond acceptors (Lipinski definition) is 4. The molecule has 1 aromatic carbocycles. The van der Waals surface area contributed by atoms with Gasteiger partial charge in [-0.25, -0.2) is 8.42 Å². The zero-order valence-corrected chi connectivity index (χ0v) is 12.8. The topological polar surface area (TPSA) is 54.5 Å². The predicted molar refractivity (Wildman–Crippen MR) is 77.5 cm³/mol. The molecule has 0 aliphatic rings. The van der Waals surface area contributed by atoms with Crippen molar-refractivity contribution in [3.8, 4) is 0 Å². The smallest absolute Gasteiger partial charge is 0.177 e. The Morgan fingerprint density at radius 3 is 2.42 bits per heavy atom. The van der Waals surface area contributed by atoms with Gasteiger partial charge in [0.05, 0.1) is 12.3 Å². The number of ketones is 1. The highest BCUT2D eigenvalue weighted by molar-refractivity contribution is 7.90. The normalized spacial score (nSPS) is 11.8. The first-order valence-electron chi connectivity index (χ1n) is 6.16. The first-order chi connectivity index (χ1) is 8.69. The van der Waals surface area contributed by atoms with E-state index in [-0.39, 0.29) is 18.1 Å². The van der Waals surface area contributed by atoms with Crippen LogP contribution in [0, 0.1) is 13.8 Å². The largest absolute Gasteiger partial charge is 0.298 e. The lowest BCUT2D eigenvalue weighted by atomic mass is 10.0. The number of nitrogens with zero attached hydrogens (tertiary/aromatic N) is 1. The third kappa shape index (κ3) is 5.53. The van der Waals surface area contributed by atoms with E-state index in [9.17, 15) is 13.2 Å². The van der Waals surface area contributed by atoms with E-state index in [1.807, 2.05) is 32.0 Å². The van der Waals surface area contributed by atoms with Gasteiger partial charge in [-0.1, -0.05) is 23.8 Å². The van der Waals surface area contributed by atoms with Crippen LogP contribution in [0.3, 0.4) is 0 Å². The molecule has 0 bridgehead atoms. The summed E-state index contributed by atoms with van der Waals surface area (Å²) in [6.45, 7) is 4.51. The fourth-order valence-corrected chi connectivity index (χ4v) is 2.50. The van der Waals surface area contributed by atoms with Gasteiger partial charge in [-0.15, -0.1) is 0 Å². The molecule has 0 atom stereocenters. The summed E-state index contributed by atoms with van der Waals surface area (Å²) >= 11 is 0. The molecule has 0 saturated heterocycles. The Morgan fingerprint density at radius 2 is 1.89 bits per heavy atom. The van der Waals surface area contributed by atoms with Gasteiger partial charge >= 0.3 is 0 Å². The molecule has 0 radical (unpaired) electrons. The maximum Gasteiger partial charge on any atom is 0.177 e. The van der Waals surface area contributed by atoms with Crippen LogP contribution >= 0.6 is 0 Å². The van der Waals surface area contributed by atoms with Gasteiger partial charge in [0.1, 0.15) is 9.84 Å². The number of sulfone groups is 1. The number of rotatable bonds is 6. The van der Waals surface area contributed by atoms with Crippen molar-refractivity contribution in [3.05, 3.63) is 34.9 Å². The highest BCUT2D eigenvalue weighted by atomic mass is 32.2. The second-order valence-corrected chi connectivity index (χ2v) is 7.37. The van der Waals surface area contributed by atoms with Crippen molar-refractivity contribution in [2.24, 2.45) is 0 Å². The fraction of sp³-hybridized carbons (Fsp3) is 0.500. The monoisotopic (exact) mass is 283 g/mol. The van der Waals surface area contributed by atoms with Gasteiger partial charge in [-0.2, -0.15) is 0 Å². The molecular weight excluding hydrogens is 262 g/mol. The summed E-state index contributed by atoms with van der Waals surface area (Å²) in [5.41, 5.74) is 2.79. The van der Waals surface area contributed by atoms with Gasteiger partial charge < -0.3 is 0 Å². The Balaban J connectivity index is 2.64. The third-order valence-corrected chi connectivity index (χ3v) is 3.86. The van der Waals surface area contributed by atoms with Gasteiger partial charge in [0.15, 0.2) is 5.78 Å². The highest BCUT2D eigenvalue weighted by Gasteiger charge is 2.13. The molecule has 5 heteroatoms. The molecule has 0 amide bonds. The molecule has 0 fully saturated rings. The number of aryl methyl sites for hydroxylation is 2. The third-order valence-electron chi connectivity index (χ3n) is 2.94. The van der Waals surface area contributed by atoms with Crippen LogP contribution in [0.1, 0.15) is 21.5 Å². The van der Waals surface area contributed by atoms with E-state index in [4.69, 9.17) is 0 Å². The van der Waals surface area contributed by atoms with Crippen molar-refractivity contribution in [2.75, 3.05) is 32.1 Å². The molecular formula is C14H21NO3S. The number of benzene rings is 1. The van der Waals surface area contributed by atoms with Crippen LogP contribution in [-0.4, -0.2) is 51.2 Å². The van der Waals surface area contributed by atoms with Crippen molar-refractivity contribution < 1.29 is 13.2 Å². The predicted octanol–water partition coefficient (Wildman–Crippen LogP) is 1.46. The molecule has 0 aromatic heterocycles. The van der Waals surface area contributed by atoms with Crippen LogP contribution < -0.4 is 0 Å². The van der Waals surface area contributed by atoms with Gasteiger partial charge in [0, 0.05) is 18.4 Å². The summed E-state index contributed by atoms with van der Waals surface area (Å²) in [5, 5.41) is 0. The van der Waals surface area contributed by atoms with E-state index in [1.165, 1.54) is 6.26 Å². The minimum atomic E-state index is -2.99. The molecule has 0 N–H and O–H groups in total. The van der Waals surface area contributed by atoms with Crippen LogP contribution in [0.25, 0.3) is 0 Å². The Kier molecular flexibility index (Phi) is 5.26. The molecule has 106 valence electrons. The number of carbonyl (C=O) groups excluding carboxylic acids is 1. The number of likely N-dealkylation sites (N-methyl/N-ethyl adjacent to an activating group) is 1. The number of carbonyl (C=O) groups is 1. The lowest BCUT2D eigenvalue weighted by Crippen LogP contribution is -2.30. The second-order valence-electron chi connectivity index (χ2n) is 5.11. The van der Waals surface area contributed by atoms with E-state index in [1.54, 1.807) is 11.9 Å². The summed E-state index contributed by atoms with van der Waals surface area (Å²) in [4.78, 5) is 13.9. The summed E-state index contributed by atoms with van der Waals surface area (Å²) < 4.78 is 22.1. The van der Waals surface area contributed by atoms with Crippen LogP contribution in [0.4, 0.5) is 0 Å². The Hall–Kier alpha value is -1.20. The molecule has 1 aromatic rings. The van der Waals surface area contributed by atoms with E-state index in [0.29, 0.717) is 12.1 Å². The maximum atomic E-state index is 12.1. The van der Waals surface area contributed by atoms with Crippen molar-refractivity contribution in [2.45, 2.75) is 13.8 Å². The van der Waals surface area contributed by atoms with Crippen molar-refractivity contribution in [1.29, 1.82) is 0 Å². The van der Waals surface area contributed by atoms with Crippen LogP contribution in [-0.2, 0) is 9.84 Å². The van der Waals surface area contributed by atoms with Crippen molar-refractivity contribution in [1.82, 2.24) is 4.90 Å². The quantitative estimate of drug-likeness (QED) is 0.742. The van der Waals surface area contributed by atoms with Gasteiger partial charge in [0.2, 0.25) is 0 Å². The lowest BCUT2D eigenvalue weighted by Gasteiger charge is -2.15. The van der Waals surface area contributed by atoms with Crippen molar-refractivity contribution >= 4 is 15.6 Å². The summed E-state index contributed by atoms with van der Waals surface area (Å²) in [5.74, 6) is 0.0948. The molecule has 0 spiro atoms. The molecule has 0 heterocycles. The average molecular weight is 283 g/mol. The lowest BCUT2D eigenvalue weighted by molar-refractivity contribution is 0.0948. The van der Waals surface area contributed by atoms with Crippen LogP contribution in [0.5, 0.6) is 0 Å². The summed E-state index contributed by atoms with van der Waals surface area (Å²) in [6, 6.07) is 5.72. The van der Waals surface area contributed by atoms with Crippen LogP contribution in [0.15, 0.2) is 18.2 Å². The Labute approximate surface area is 115 Å². The average Bonchev–Trinajstić information content (AvgIpc) is 2.25. The standard InChI is InChI=1S/C14H21NO3S/c1-11-5-6-13(12(2)9-11)14(16)10-15(3)7-8-19(4,17)18/h5-6,9H,7-8,10H2,1-4H3. The first kappa shape index (κ1) is 15.9. The van der Waals surface area contributed by atoms with E-state index < -0.39 is 9.84 Å². The van der Waals surface area contributed by atoms with Gasteiger partial charge in [0.25, 0.3) is 0 Å². The van der Waals surface area contributed by atoms with E-state index in [2.05, 4.69) is 0 Å². The molecule has 4 nitrogen and oxygen atoms in total. The Morgan fingerprint density at radius 1 is 1.26 bits per heavy atom. The second kappa shape index (κ2) is 6.30. The van der Waals surface area contributed by atoms with E-state index >= 15 is 0 Å². The highest BCUT2D eigenvalue weighted by Crippen LogP contribution is 2.11. The molecule has 0 aliphatic heterocycles. The zero-order valence-electron chi connectivity index (χ0n) is 11.9. The molecule has 1 rings (SSSR count).